The SMILES string of the molecule is COc1ccc(OC[C@@H](O)CN2CCC3(CC2)Cc2cc(Cl)ccc2O3)c(C(C)=O)c1. The van der Waals surface area contributed by atoms with Crippen LogP contribution in [0.1, 0.15) is 35.7 Å². The van der Waals surface area contributed by atoms with E-state index in [-0.39, 0.29) is 18.0 Å². The number of hydrogen-bond donors (Lipinski definition) is 1. The number of aliphatic hydroxyl groups excluding tert-OH is 1. The molecule has 0 saturated carbocycles. The van der Waals surface area contributed by atoms with Crippen molar-refractivity contribution in [3.05, 3.63) is 52.5 Å². The Labute approximate surface area is 187 Å². The van der Waals surface area contributed by atoms with E-state index in [9.17, 15) is 9.90 Å². The molecule has 166 valence electrons. The number of Topliss-reactive ketones (excluding diaryl/α,β-unsaturated/α-hetero) is 1. The molecule has 0 unspecified atom stereocenters. The highest BCUT2D eigenvalue weighted by atomic mass is 35.5. The molecule has 2 heterocycles. The Bertz CT molecular complexity index is 955. The summed E-state index contributed by atoms with van der Waals surface area (Å²) in [5.74, 6) is 1.88. The van der Waals surface area contributed by atoms with Crippen molar-refractivity contribution in [3.8, 4) is 17.2 Å². The van der Waals surface area contributed by atoms with E-state index < -0.39 is 6.10 Å². The molecule has 1 saturated heterocycles. The van der Waals surface area contributed by atoms with E-state index in [0.717, 1.165) is 43.1 Å². The lowest BCUT2D eigenvalue weighted by molar-refractivity contribution is -0.00199. The average Bonchev–Trinajstić information content (AvgIpc) is 3.10. The third-order valence-corrected chi connectivity index (χ3v) is 6.33. The van der Waals surface area contributed by atoms with Gasteiger partial charge >= 0.3 is 0 Å². The van der Waals surface area contributed by atoms with Crippen LogP contribution in [0.5, 0.6) is 17.2 Å². The molecule has 2 aliphatic rings. The minimum atomic E-state index is -0.656. The summed E-state index contributed by atoms with van der Waals surface area (Å²) < 4.78 is 17.2. The fourth-order valence-corrected chi connectivity index (χ4v) is 4.59. The van der Waals surface area contributed by atoms with Gasteiger partial charge in [0.05, 0.1) is 12.7 Å². The van der Waals surface area contributed by atoms with E-state index in [2.05, 4.69) is 4.90 Å². The van der Waals surface area contributed by atoms with Crippen molar-refractivity contribution in [3.63, 3.8) is 0 Å². The molecule has 1 spiro atoms. The predicted octanol–water partition coefficient (Wildman–Crippen LogP) is 3.76. The highest BCUT2D eigenvalue weighted by Crippen LogP contribution is 2.41. The molecule has 7 heteroatoms. The molecule has 31 heavy (non-hydrogen) atoms. The number of likely N-dealkylation sites (tertiary alicyclic amines) is 1. The fourth-order valence-electron chi connectivity index (χ4n) is 4.40. The number of fused-ring (bicyclic) bond motifs is 1. The van der Waals surface area contributed by atoms with Crippen molar-refractivity contribution in [1.82, 2.24) is 4.90 Å². The highest BCUT2D eigenvalue weighted by Gasteiger charge is 2.42. The van der Waals surface area contributed by atoms with Gasteiger partial charge in [0.15, 0.2) is 5.78 Å². The van der Waals surface area contributed by atoms with Crippen molar-refractivity contribution < 1.29 is 24.1 Å². The summed E-state index contributed by atoms with van der Waals surface area (Å²) in [7, 11) is 1.55. The minimum absolute atomic E-state index is 0.108. The lowest BCUT2D eigenvalue weighted by Gasteiger charge is -2.39. The highest BCUT2D eigenvalue weighted by molar-refractivity contribution is 6.30. The van der Waals surface area contributed by atoms with Crippen molar-refractivity contribution in [1.29, 1.82) is 0 Å². The molecule has 1 N–H and O–H groups in total. The molecular formula is C24H28ClNO5. The maximum absolute atomic E-state index is 11.9. The summed E-state index contributed by atoms with van der Waals surface area (Å²) in [6.45, 7) is 3.81. The number of carbonyl (C=O) groups is 1. The Hall–Kier alpha value is -2.28. The summed E-state index contributed by atoms with van der Waals surface area (Å²) in [6.07, 6.45) is 2.03. The first kappa shape index (κ1) is 21.9. The van der Waals surface area contributed by atoms with Gasteiger partial charge in [-0.15, -0.1) is 0 Å². The number of aliphatic hydroxyl groups is 1. The third kappa shape index (κ3) is 4.97. The molecule has 6 nitrogen and oxygen atoms in total. The average molecular weight is 446 g/mol. The summed E-state index contributed by atoms with van der Waals surface area (Å²) in [4.78, 5) is 14.1. The number of carbonyl (C=O) groups excluding carboxylic acids is 1. The van der Waals surface area contributed by atoms with Crippen LogP contribution < -0.4 is 14.2 Å². The monoisotopic (exact) mass is 445 g/mol. The third-order valence-electron chi connectivity index (χ3n) is 6.10. The van der Waals surface area contributed by atoms with Crippen LogP contribution in [0.25, 0.3) is 0 Å². The van der Waals surface area contributed by atoms with E-state index >= 15 is 0 Å². The zero-order valence-electron chi connectivity index (χ0n) is 17.9. The first-order valence-corrected chi connectivity index (χ1v) is 10.9. The number of rotatable bonds is 7. The largest absolute Gasteiger partial charge is 0.497 e. The van der Waals surface area contributed by atoms with Crippen molar-refractivity contribution in [2.45, 2.75) is 37.9 Å². The van der Waals surface area contributed by atoms with Crippen LogP contribution >= 0.6 is 11.6 Å². The van der Waals surface area contributed by atoms with Gasteiger partial charge in [-0.05, 0) is 48.9 Å². The molecule has 1 atom stereocenters. The van der Waals surface area contributed by atoms with Crippen LogP contribution in [0.15, 0.2) is 36.4 Å². The molecule has 2 aromatic carbocycles. The van der Waals surface area contributed by atoms with Crippen LogP contribution in [-0.2, 0) is 6.42 Å². The van der Waals surface area contributed by atoms with Gasteiger partial charge in [-0.3, -0.25) is 4.79 Å². The minimum Gasteiger partial charge on any atom is -0.497 e. The Kier molecular flexibility index (Phi) is 6.42. The molecule has 1 fully saturated rings. The number of ketones is 1. The second-order valence-corrected chi connectivity index (χ2v) is 8.83. The molecule has 4 rings (SSSR count). The Morgan fingerprint density at radius 1 is 1.26 bits per heavy atom. The topological polar surface area (TPSA) is 68.2 Å². The van der Waals surface area contributed by atoms with Crippen molar-refractivity contribution in [2.75, 3.05) is 33.4 Å². The number of β-amino-alcohol motifs (C(OH)–C–C–N with tert-alkyl or cyclic N) is 1. The van der Waals surface area contributed by atoms with Gasteiger partial charge in [0.2, 0.25) is 0 Å². The first-order chi connectivity index (χ1) is 14.9. The van der Waals surface area contributed by atoms with Crippen LogP contribution in [0, 0.1) is 0 Å². The summed E-state index contributed by atoms with van der Waals surface area (Å²) in [5.41, 5.74) is 1.46. The molecule has 0 bridgehead atoms. The number of benzene rings is 2. The second-order valence-electron chi connectivity index (χ2n) is 8.40. The number of ether oxygens (including phenoxy) is 3. The normalized spacial score (nSPS) is 18.3. The van der Waals surface area contributed by atoms with Crippen LogP contribution in [-0.4, -0.2) is 60.8 Å². The summed E-state index contributed by atoms with van der Waals surface area (Å²) >= 11 is 6.12. The zero-order chi connectivity index (χ0) is 22.0. The number of piperidine rings is 1. The van der Waals surface area contributed by atoms with E-state index in [1.165, 1.54) is 12.5 Å². The fraction of sp³-hybridized carbons (Fsp3) is 0.458. The van der Waals surface area contributed by atoms with Crippen LogP contribution in [0.2, 0.25) is 5.02 Å². The lowest BCUT2D eigenvalue weighted by atomic mass is 9.87. The molecule has 0 amide bonds. The van der Waals surface area contributed by atoms with Gasteiger partial charge in [0.1, 0.15) is 35.6 Å². The Morgan fingerprint density at radius 3 is 2.74 bits per heavy atom. The number of methoxy groups -OCH3 is 1. The van der Waals surface area contributed by atoms with E-state index in [0.29, 0.717) is 23.6 Å². The molecule has 2 aromatic rings. The lowest BCUT2D eigenvalue weighted by Crippen LogP contribution is -2.49. The Balaban J connectivity index is 1.28. The smallest absolute Gasteiger partial charge is 0.163 e. The van der Waals surface area contributed by atoms with Gasteiger partial charge in [0.25, 0.3) is 0 Å². The van der Waals surface area contributed by atoms with Gasteiger partial charge in [-0.2, -0.15) is 0 Å². The van der Waals surface area contributed by atoms with Crippen molar-refractivity contribution in [2.24, 2.45) is 0 Å². The van der Waals surface area contributed by atoms with E-state index in [1.807, 2.05) is 18.2 Å². The molecular weight excluding hydrogens is 418 g/mol. The zero-order valence-corrected chi connectivity index (χ0v) is 18.7. The number of hydrogen-bond acceptors (Lipinski definition) is 6. The standard InChI is InChI=1S/C24H28ClNO5/c1-16(27)21-12-20(29-2)4-6-23(21)30-15-19(28)14-26-9-7-24(8-10-26)13-17-11-18(25)3-5-22(17)31-24/h3-6,11-12,19,28H,7-10,13-15H2,1-2H3/t19-/m0/s1. The quantitative estimate of drug-likeness (QED) is 0.654. The van der Waals surface area contributed by atoms with Crippen molar-refractivity contribution >= 4 is 17.4 Å². The van der Waals surface area contributed by atoms with E-state index in [4.69, 9.17) is 25.8 Å². The number of halogens is 1. The Morgan fingerprint density at radius 2 is 2.03 bits per heavy atom. The van der Waals surface area contributed by atoms with Crippen LogP contribution in [0.4, 0.5) is 0 Å². The first-order valence-electron chi connectivity index (χ1n) is 10.6. The number of nitrogens with zero attached hydrogens (tertiary/aromatic N) is 1. The molecule has 0 aliphatic carbocycles. The molecule has 0 radical (unpaired) electrons. The van der Waals surface area contributed by atoms with E-state index in [1.54, 1.807) is 25.3 Å². The maximum Gasteiger partial charge on any atom is 0.163 e. The van der Waals surface area contributed by atoms with Crippen LogP contribution in [0.3, 0.4) is 0 Å². The molecule has 0 aromatic heterocycles. The van der Waals surface area contributed by atoms with Gasteiger partial charge < -0.3 is 24.2 Å². The maximum atomic E-state index is 11.9. The molecule has 2 aliphatic heterocycles. The second kappa shape index (κ2) is 9.07. The summed E-state index contributed by atoms with van der Waals surface area (Å²) in [6, 6.07) is 10.9. The van der Waals surface area contributed by atoms with Gasteiger partial charge in [-0.25, -0.2) is 0 Å². The predicted molar refractivity (Wildman–Crippen MR) is 119 cm³/mol. The van der Waals surface area contributed by atoms with Gasteiger partial charge in [0, 0.05) is 43.9 Å². The summed E-state index contributed by atoms with van der Waals surface area (Å²) in [5, 5.41) is 11.2. The van der Waals surface area contributed by atoms with Gasteiger partial charge in [-0.1, -0.05) is 11.6 Å².